The van der Waals surface area contributed by atoms with Crippen molar-refractivity contribution >= 4 is 11.9 Å². The van der Waals surface area contributed by atoms with Gasteiger partial charge in [0, 0.05) is 19.1 Å². The van der Waals surface area contributed by atoms with Gasteiger partial charge in [0.15, 0.2) is 11.5 Å². The molecular weight excluding hydrogens is 422 g/mol. The van der Waals surface area contributed by atoms with Crippen LogP contribution in [0, 0.1) is 23.2 Å². The van der Waals surface area contributed by atoms with Crippen LogP contribution in [0.25, 0.3) is 0 Å². The third kappa shape index (κ3) is 5.81. The van der Waals surface area contributed by atoms with Crippen LogP contribution in [0.15, 0.2) is 12.1 Å². The molecule has 33 heavy (non-hydrogen) atoms. The molecule has 184 valence electrons. The van der Waals surface area contributed by atoms with E-state index in [1.54, 1.807) is 28.1 Å². The van der Waals surface area contributed by atoms with Gasteiger partial charge < -0.3 is 19.3 Å². The molecule has 1 saturated heterocycles. The average Bonchev–Trinajstić information content (AvgIpc) is 2.75. The van der Waals surface area contributed by atoms with E-state index in [1.807, 2.05) is 0 Å². The molecule has 2 aliphatic heterocycles. The molecule has 1 N–H and O–H groups in total. The molecule has 7 nitrogen and oxygen atoms in total. The fourth-order valence-corrected chi connectivity index (χ4v) is 5.27. The van der Waals surface area contributed by atoms with Gasteiger partial charge in [-0.1, -0.05) is 13.8 Å². The maximum atomic E-state index is 12.4. The Morgan fingerprint density at radius 3 is 2.42 bits per heavy atom. The molecule has 3 atom stereocenters. The van der Waals surface area contributed by atoms with Gasteiger partial charge >= 0.3 is 11.9 Å². The number of rotatable bonds is 9. The van der Waals surface area contributed by atoms with Gasteiger partial charge in [-0.25, -0.2) is 0 Å². The number of fused-ring (bicyclic) bond motifs is 3. The minimum atomic E-state index is -1.13. The predicted molar refractivity (Wildman–Crippen MR) is 126 cm³/mol. The van der Waals surface area contributed by atoms with E-state index in [4.69, 9.17) is 14.2 Å². The number of carboxylic acids is 1. The van der Waals surface area contributed by atoms with E-state index in [0.717, 1.165) is 43.9 Å². The van der Waals surface area contributed by atoms with Crippen molar-refractivity contribution in [3.8, 4) is 11.5 Å². The van der Waals surface area contributed by atoms with E-state index in [1.165, 1.54) is 11.1 Å². The Morgan fingerprint density at radius 2 is 1.82 bits per heavy atom. The second kappa shape index (κ2) is 10.3. The summed E-state index contributed by atoms with van der Waals surface area (Å²) >= 11 is 0. The van der Waals surface area contributed by atoms with Gasteiger partial charge in [-0.05, 0) is 74.1 Å². The summed E-state index contributed by atoms with van der Waals surface area (Å²) in [6, 6.07) is 4.44. The van der Waals surface area contributed by atoms with Gasteiger partial charge in [-0.2, -0.15) is 0 Å². The minimum Gasteiger partial charge on any atom is -0.493 e. The smallest absolute Gasteiger partial charge is 0.309 e. The highest BCUT2D eigenvalue weighted by Crippen LogP contribution is 2.45. The van der Waals surface area contributed by atoms with Crippen LogP contribution in [0.1, 0.15) is 64.1 Å². The maximum Gasteiger partial charge on any atom is 0.309 e. The van der Waals surface area contributed by atoms with E-state index < -0.39 is 17.4 Å². The number of hydrogen-bond donors (Lipinski definition) is 1. The lowest BCUT2D eigenvalue weighted by Gasteiger charge is -2.47. The highest BCUT2D eigenvalue weighted by atomic mass is 16.5. The number of carbonyl (C=O) groups is 2. The summed E-state index contributed by atoms with van der Waals surface area (Å²) in [5.74, 6) is 1.27. The predicted octanol–water partition coefficient (Wildman–Crippen LogP) is 4.33. The van der Waals surface area contributed by atoms with Crippen LogP contribution in [-0.4, -0.2) is 55.9 Å². The van der Waals surface area contributed by atoms with Gasteiger partial charge in [0.2, 0.25) is 0 Å². The number of carbonyl (C=O) groups excluding carboxylic acids is 1. The number of hydrogen-bond acceptors (Lipinski definition) is 6. The number of nitrogens with zero attached hydrogens (tertiary/aromatic N) is 1. The van der Waals surface area contributed by atoms with Crippen molar-refractivity contribution in [1.82, 2.24) is 4.90 Å². The summed E-state index contributed by atoms with van der Waals surface area (Å²) in [6.07, 6.45) is 2.82. The van der Waals surface area contributed by atoms with Crippen molar-refractivity contribution in [3.05, 3.63) is 23.3 Å². The van der Waals surface area contributed by atoms with Gasteiger partial charge in [0.1, 0.15) is 0 Å². The SMILES string of the molecule is COc1cc2c(cc1OC)[C@H]1C[C@@H](COC(=O)CC(C)(C)C(=O)O)[C@H](CC(C)C)CN1CC2. The summed E-state index contributed by atoms with van der Waals surface area (Å²) in [4.78, 5) is 26.4. The van der Waals surface area contributed by atoms with Crippen LogP contribution in [0.3, 0.4) is 0 Å². The lowest BCUT2D eigenvalue weighted by atomic mass is 9.74. The molecule has 1 fully saturated rings. The number of esters is 1. The van der Waals surface area contributed by atoms with Gasteiger partial charge in [0.05, 0.1) is 32.7 Å². The number of methoxy groups -OCH3 is 2. The molecular formula is C26H39NO6. The highest BCUT2D eigenvalue weighted by molar-refractivity contribution is 5.81. The van der Waals surface area contributed by atoms with Crippen molar-refractivity contribution in [3.63, 3.8) is 0 Å². The normalized spacial score (nSPS) is 22.9. The molecule has 1 aromatic rings. The van der Waals surface area contributed by atoms with Crippen molar-refractivity contribution in [2.45, 2.75) is 59.4 Å². The van der Waals surface area contributed by atoms with Crippen LogP contribution in [0.4, 0.5) is 0 Å². The third-order valence-corrected chi connectivity index (χ3v) is 7.17. The molecule has 0 radical (unpaired) electrons. The summed E-state index contributed by atoms with van der Waals surface area (Å²) in [5, 5.41) is 9.32. The highest BCUT2D eigenvalue weighted by Gasteiger charge is 2.40. The summed E-state index contributed by atoms with van der Waals surface area (Å²) in [5.41, 5.74) is 1.43. The molecule has 0 bridgehead atoms. The molecule has 2 aliphatic rings. The molecule has 0 spiro atoms. The van der Waals surface area contributed by atoms with Crippen LogP contribution in [0.2, 0.25) is 0 Å². The van der Waals surface area contributed by atoms with Crippen LogP contribution in [-0.2, 0) is 20.7 Å². The Bertz CT molecular complexity index is 865. The molecule has 0 aliphatic carbocycles. The van der Waals surface area contributed by atoms with E-state index in [0.29, 0.717) is 18.4 Å². The van der Waals surface area contributed by atoms with E-state index in [9.17, 15) is 14.7 Å². The van der Waals surface area contributed by atoms with Gasteiger partial charge in [-0.3, -0.25) is 14.5 Å². The molecule has 0 saturated carbocycles. The number of piperidine rings is 1. The lowest BCUT2D eigenvalue weighted by molar-refractivity contribution is -0.158. The van der Waals surface area contributed by atoms with Crippen molar-refractivity contribution < 1.29 is 28.9 Å². The Labute approximate surface area is 197 Å². The van der Waals surface area contributed by atoms with Crippen molar-refractivity contribution in [2.24, 2.45) is 23.2 Å². The van der Waals surface area contributed by atoms with E-state index in [-0.39, 0.29) is 18.4 Å². The molecule has 1 aromatic carbocycles. The molecule has 7 heteroatoms. The monoisotopic (exact) mass is 461 g/mol. The standard InChI is InChI=1S/C26H39NO6/c1-16(2)9-18-14-27-8-7-17-11-22(31-5)23(32-6)12-20(17)21(27)10-19(18)15-33-24(28)13-26(3,4)25(29)30/h11-12,16,18-19,21H,7-10,13-15H2,1-6H3,(H,29,30)/t18-,19+,21-/m1/s1. The summed E-state index contributed by atoms with van der Waals surface area (Å²) < 4.78 is 16.7. The van der Waals surface area contributed by atoms with Crippen LogP contribution >= 0.6 is 0 Å². The number of aliphatic carboxylic acids is 1. The first kappa shape index (κ1) is 25.3. The quantitative estimate of drug-likeness (QED) is 0.548. The number of carboxylic acid groups (broad SMARTS) is 1. The second-order valence-electron chi connectivity index (χ2n) is 10.6. The Morgan fingerprint density at radius 1 is 1.15 bits per heavy atom. The zero-order valence-electron chi connectivity index (χ0n) is 20.8. The van der Waals surface area contributed by atoms with Crippen LogP contribution < -0.4 is 9.47 Å². The second-order valence-corrected chi connectivity index (χ2v) is 10.6. The fourth-order valence-electron chi connectivity index (χ4n) is 5.27. The molecule has 0 unspecified atom stereocenters. The Hall–Kier alpha value is -2.28. The Balaban J connectivity index is 1.78. The number of benzene rings is 1. The van der Waals surface area contributed by atoms with Gasteiger partial charge in [-0.15, -0.1) is 0 Å². The van der Waals surface area contributed by atoms with Crippen molar-refractivity contribution in [2.75, 3.05) is 33.9 Å². The molecule has 2 heterocycles. The topological polar surface area (TPSA) is 85.3 Å². The summed E-state index contributed by atoms with van der Waals surface area (Å²) in [7, 11) is 3.32. The number of ether oxygens (including phenoxy) is 3. The molecule has 3 rings (SSSR count). The maximum absolute atomic E-state index is 12.4. The first-order valence-electron chi connectivity index (χ1n) is 11.9. The molecule has 0 amide bonds. The largest absolute Gasteiger partial charge is 0.493 e. The van der Waals surface area contributed by atoms with E-state index >= 15 is 0 Å². The van der Waals surface area contributed by atoms with Gasteiger partial charge in [0.25, 0.3) is 0 Å². The fraction of sp³-hybridized carbons (Fsp3) is 0.692. The zero-order chi connectivity index (χ0) is 24.3. The van der Waals surface area contributed by atoms with E-state index in [2.05, 4.69) is 30.9 Å². The molecule has 0 aromatic heterocycles. The average molecular weight is 462 g/mol. The van der Waals surface area contributed by atoms with Crippen LogP contribution in [0.5, 0.6) is 11.5 Å². The minimum absolute atomic E-state index is 0.126. The van der Waals surface area contributed by atoms with Crippen molar-refractivity contribution in [1.29, 1.82) is 0 Å². The summed E-state index contributed by atoms with van der Waals surface area (Å²) in [6.45, 7) is 9.87. The first-order chi connectivity index (χ1) is 15.6. The first-order valence-corrected chi connectivity index (χ1v) is 11.9. The zero-order valence-corrected chi connectivity index (χ0v) is 20.8. The Kier molecular flexibility index (Phi) is 7.93. The lowest BCUT2D eigenvalue weighted by Crippen LogP contribution is -2.47. The third-order valence-electron chi connectivity index (χ3n) is 7.17.